The van der Waals surface area contributed by atoms with E-state index in [4.69, 9.17) is 16.3 Å². The fraction of sp³-hybridized carbons (Fsp3) is 0.545. The second-order valence-corrected chi connectivity index (χ2v) is 7.83. The van der Waals surface area contributed by atoms with E-state index in [9.17, 15) is 13.2 Å². The number of ether oxygens (including phenoxy) is 1. The zero-order valence-electron chi connectivity index (χ0n) is 11.0. The summed E-state index contributed by atoms with van der Waals surface area (Å²) in [6, 6.07) is 1.53. The van der Waals surface area contributed by atoms with Crippen LogP contribution < -0.4 is 0 Å². The Morgan fingerprint density at radius 3 is 2.63 bits per heavy atom. The number of aryl methyl sites for hydroxylation is 1. The van der Waals surface area contributed by atoms with E-state index in [-0.39, 0.29) is 23.8 Å². The van der Waals surface area contributed by atoms with Crippen molar-refractivity contribution in [1.29, 1.82) is 0 Å². The summed E-state index contributed by atoms with van der Waals surface area (Å²) in [5, 5.41) is 0. The lowest BCUT2D eigenvalue weighted by molar-refractivity contribution is -0.143. The summed E-state index contributed by atoms with van der Waals surface area (Å²) in [4.78, 5) is 11.2. The number of sulfonamides is 1. The first-order valence-electron chi connectivity index (χ1n) is 5.67. The van der Waals surface area contributed by atoms with Crippen LogP contribution in [0.3, 0.4) is 0 Å². The summed E-state index contributed by atoms with van der Waals surface area (Å²) in [5.74, 6) is -0.412. The van der Waals surface area contributed by atoms with Gasteiger partial charge < -0.3 is 4.74 Å². The van der Waals surface area contributed by atoms with Crippen molar-refractivity contribution in [3.8, 4) is 0 Å². The third-order valence-corrected chi connectivity index (χ3v) is 6.30. The molecule has 0 radical (unpaired) electrons. The van der Waals surface area contributed by atoms with Crippen molar-refractivity contribution >= 4 is 38.9 Å². The molecular formula is C11H16ClNO4S2. The molecule has 0 N–H and O–H groups in total. The summed E-state index contributed by atoms with van der Waals surface area (Å²) < 4.78 is 30.9. The lowest BCUT2D eigenvalue weighted by Gasteiger charge is -2.15. The first-order valence-corrected chi connectivity index (χ1v) is 8.30. The molecule has 0 saturated carbocycles. The second kappa shape index (κ2) is 6.69. The van der Waals surface area contributed by atoms with Crippen LogP contribution in [0.2, 0.25) is 4.34 Å². The summed E-state index contributed by atoms with van der Waals surface area (Å²) in [7, 11) is -2.16. The molecule has 0 aliphatic carbocycles. The van der Waals surface area contributed by atoms with Crippen LogP contribution in [0.1, 0.15) is 18.9 Å². The van der Waals surface area contributed by atoms with Gasteiger partial charge >= 0.3 is 5.97 Å². The van der Waals surface area contributed by atoms with Gasteiger partial charge in [0.25, 0.3) is 10.0 Å². The normalized spacial score (nSPS) is 11.8. The number of nitrogens with zero attached hydrogens (tertiary/aromatic N) is 1. The molecule has 1 aromatic heterocycles. The molecule has 0 aliphatic heterocycles. The van der Waals surface area contributed by atoms with Crippen molar-refractivity contribution in [2.45, 2.75) is 24.5 Å². The van der Waals surface area contributed by atoms with Crippen molar-refractivity contribution in [2.75, 3.05) is 20.2 Å². The molecule has 108 valence electrons. The highest BCUT2D eigenvalue weighted by Crippen LogP contribution is 2.31. The van der Waals surface area contributed by atoms with Crippen molar-refractivity contribution in [3.05, 3.63) is 16.0 Å². The van der Waals surface area contributed by atoms with Gasteiger partial charge in [-0.2, -0.15) is 4.31 Å². The van der Waals surface area contributed by atoms with Gasteiger partial charge in [0.05, 0.1) is 17.4 Å². The summed E-state index contributed by atoms with van der Waals surface area (Å²) >= 11 is 6.88. The Morgan fingerprint density at radius 2 is 2.16 bits per heavy atom. The zero-order valence-corrected chi connectivity index (χ0v) is 13.4. The van der Waals surface area contributed by atoms with Gasteiger partial charge in [-0.3, -0.25) is 4.79 Å². The van der Waals surface area contributed by atoms with Crippen LogP contribution in [0.15, 0.2) is 10.3 Å². The highest BCUT2D eigenvalue weighted by atomic mass is 35.5. The highest BCUT2D eigenvalue weighted by molar-refractivity contribution is 7.91. The Balaban J connectivity index is 2.74. The molecule has 19 heavy (non-hydrogen) atoms. The molecule has 1 heterocycles. The first-order chi connectivity index (χ1) is 8.78. The highest BCUT2D eigenvalue weighted by Gasteiger charge is 2.24. The van der Waals surface area contributed by atoms with Gasteiger partial charge in [-0.25, -0.2) is 8.42 Å². The number of rotatable bonds is 6. The molecule has 0 atom stereocenters. The molecule has 5 nitrogen and oxygen atoms in total. The maximum absolute atomic E-state index is 12.2. The van der Waals surface area contributed by atoms with E-state index in [1.165, 1.54) is 13.1 Å². The maximum atomic E-state index is 12.2. The van der Waals surface area contributed by atoms with E-state index in [0.29, 0.717) is 4.34 Å². The third-order valence-electron chi connectivity index (χ3n) is 2.44. The Hall–Kier alpha value is -0.630. The third kappa shape index (κ3) is 4.17. The largest absolute Gasteiger partial charge is 0.466 e. The van der Waals surface area contributed by atoms with Crippen molar-refractivity contribution < 1.29 is 17.9 Å². The summed E-state index contributed by atoms with van der Waals surface area (Å²) in [6.07, 6.45) is 0.0294. The molecular weight excluding hydrogens is 310 g/mol. The SMILES string of the molecule is CCOC(=O)CCN(C)S(=O)(=O)c1cc(C)c(Cl)s1. The average molecular weight is 326 g/mol. The zero-order chi connectivity index (χ0) is 14.6. The standard InChI is InChI=1S/C11H16ClNO4S2/c1-4-17-9(14)5-6-13(3)19(15,16)10-7-8(2)11(12)18-10/h7H,4-6H2,1-3H3. The van der Waals surface area contributed by atoms with Gasteiger partial charge in [0.2, 0.25) is 0 Å². The minimum absolute atomic E-state index is 0.0294. The molecule has 1 rings (SSSR count). The Labute approximate surface area is 122 Å². The molecule has 8 heteroatoms. The van der Waals surface area contributed by atoms with Crippen molar-refractivity contribution in [2.24, 2.45) is 0 Å². The predicted octanol–water partition coefficient (Wildman–Crippen LogP) is 2.28. The molecule has 0 bridgehead atoms. The molecule has 0 spiro atoms. The number of halogens is 1. The molecule has 0 unspecified atom stereocenters. The molecule has 0 fully saturated rings. The number of thiophene rings is 1. The summed E-state index contributed by atoms with van der Waals surface area (Å²) in [6.45, 7) is 3.82. The maximum Gasteiger partial charge on any atom is 0.307 e. The van der Waals surface area contributed by atoms with Crippen LogP contribution in [0.4, 0.5) is 0 Å². The number of carbonyl (C=O) groups excluding carboxylic acids is 1. The lowest BCUT2D eigenvalue weighted by atomic mass is 10.4. The van der Waals surface area contributed by atoms with Gasteiger partial charge in [-0.05, 0) is 25.5 Å². The van der Waals surface area contributed by atoms with Crippen LogP contribution >= 0.6 is 22.9 Å². The molecule has 0 saturated heterocycles. The van der Waals surface area contributed by atoms with Crippen molar-refractivity contribution in [1.82, 2.24) is 4.31 Å². The van der Waals surface area contributed by atoms with E-state index in [1.54, 1.807) is 13.8 Å². The van der Waals surface area contributed by atoms with E-state index in [2.05, 4.69) is 0 Å². The smallest absolute Gasteiger partial charge is 0.307 e. The molecule has 0 amide bonds. The quantitative estimate of drug-likeness (QED) is 0.753. The topological polar surface area (TPSA) is 63.7 Å². The number of esters is 1. The molecule has 0 aromatic carbocycles. The van der Waals surface area contributed by atoms with E-state index in [1.807, 2.05) is 0 Å². The van der Waals surface area contributed by atoms with E-state index < -0.39 is 16.0 Å². The second-order valence-electron chi connectivity index (χ2n) is 3.90. The summed E-state index contributed by atoms with van der Waals surface area (Å²) in [5.41, 5.74) is 0.726. The lowest BCUT2D eigenvalue weighted by Crippen LogP contribution is -2.29. The Morgan fingerprint density at radius 1 is 1.53 bits per heavy atom. The Bertz CT molecular complexity index is 534. The van der Waals surface area contributed by atoms with Crippen molar-refractivity contribution in [3.63, 3.8) is 0 Å². The van der Waals surface area contributed by atoms with Crippen LogP contribution in [0.25, 0.3) is 0 Å². The minimum Gasteiger partial charge on any atom is -0.466 e. The number of hydrogen-bond donors (Lipinski definition) is 0. The van der Waals surface area contributed by atoms with Crippen LogP contribution in [-0.4, -0.2) is 38.9 Å². The number of hydrogen-bond acceptors (Lipinski definition) is 5. The fourth-order valence-electron chi connectivity index (χ4n) is 1.31. The van der Waals surface area contributed by atoms with E-state index >= 15 is 0 Å². The van der Waals surface area contributed by atoms with Gasteiger partial charge in [-0.1, -0.05) is 11.6 Å². The predicted molar refractivity (Wildman–Crippen MR) is 75.1 cm³/mol. The number of carbonyl (C=O) groups is 1. The van der Waals surface area contributed by atoms with Gasteiger partial charge in [0.15, 0.2) is 0 Å². The minimum atomic E-state index is -3.59. The average Bonchev–Trinajstić information content (AvgIpc) is 2.67. The Kier molecular flexibility index (Phi) is 5.79. The van der Waals surface area contributed by atoms with Gasteiger partial charge in [0, 0.05) is 13.6 Å². The van der Waals surface area contributed by atoms with E-state index in [0.717, 1.165) is 21.2 Å². The molecule has 1 aromatic rings. The van der Waals surface area contributed by atoms with Crippen LogP contribution in [0, 0.1) is 6.92 Å². The van der Waals surface area contributed by atoms with Gasteiger partial charge in [0.1, 0.15) is 4.21 Å². The first kappa shape index (κ1) is 16.4. The van der Waals surface area contributed by atoms with Crippen LogP contribution in [0.5, 0.6) is 0 Å². The fourth-order valence-corrected chi connectivity index (χ4v) is 4.41. The monoisotopic (exact) mass is 325 g/mol. The molecule has 0 aliphatic rings. The van der Waals surface area contributed by atoms with Crippen LogP contribution in [-0.2, 0) is 19.6 Å². The van der Waals surface area contributed by atoms with Gasteiger partial charge in [-0.15, -0.1) is 11.3 Å².